The minimum Gasteiger partial charge on any atom is -0.465 e. The zero-order chi connectivity index (χ0) is 44.8. The number of carbonyl (C=O) groups is 4. The molecule has 6 aromatic rings. The maximum atomic E-state index is 14.2. The highest BCUT2D eigenvalue weighted by atomic mass is 16.5. The van der Waals surface area contributed by atoms with Gasteiger partial charge in [-0.05, 0) is 129 Å². The Morgan fingerprint density at radius 1 is 0.576 bits per heavy atom. The number of amides is 4. The Morgan fingerprint density at radius 2 is 1.05 bits per heavy atom. The molecular formula is C49H51N9O8. The van der Waals surface area contributed by atoms with Crippen molar-refractivity contribution in [3.8, 4) is 22.4 Å². The largest absolute Gasteiger partial charge is 0.465 e. The molecule has 17 nitrogen and oxygen atoms in total. The van der Waals surface area contributed by atoms with Crippen LogP contribution in [-0.2, 0) is 19.1 Å². The average Bonchev–Trinajstić information content (AvgIpc) is 3.99. The van der Waals surface area contributed by atoms with Gasteiger partial charge in [0.25, 0.3) is 0 Å². The number of rotatable bonds is 10. The van der Waals surface area contributed by atoms with E-state index in [0.29, 0.717) is 69.8 Å². The Morgan fingerprint density at radius 3 is 1.56 bits per heavy atom. The summed E-state index contributed by atoms with van der Waals surface area (Å²) in [5, 5.41) is 25.4. The molecule has 8 atom stereocenters. The summed E-state index contributed by atoms with van der Waals surface area (Å²) in [6, 6.07) is 20.5. The number of aromatic nitrogens is 5. The standard InChI is InChI=1S/C49H51N9O8/c59-46(42(55-48(61)62)24-9-13-65-14-10-24)57-38-20-30(38)22-40(57)44-51-34-7-2-27(18-36(34)53-44)26-1-5-32-28(17-26)3-6-33(50-32)29-4-8-35-37(19-29)54-45(52-35)41-23-31-21-39(31)58(41)47(60)43(56-49(63)64)25-11-15-66-16-12-25/h1-8,17-19,24-25,30-31,38-43,55-56H,9-16,20-23H2,(H,51,53)(H,52,54)(H,61,62)(H,63,64)/t30-,31-,38-,39-,40+,41+,42?,43?/m1/s1. The average molecular weight is 894 g/mol. The summed E-state index contributed by atoms with van der Waals surface area (Å²) in [6.07, 6.45) is 3.59. The van der Waals surface area contributed by atoms with E-state index < -0.39 is 24.3 Å². The molecule has 340 valence electrons. The third-order valence-electron chi connectivity index (χ3n) is 15.2. The molecular weight excluding hydrogens is 843 g/mol. The van der Waals surface area contributed by atoms with E-state index in [1.807, 2.05) is 46.2 Å². The molecule has 2 saturated carbocycles. The molecule has 0 radical (unpaired) electrons. The van der Waals surface area contributed by atoms with E-state index in [1.54, 1.807) is 0 Å². The van der Waals surface area contributed by atoms with E-state index in [4.69, 9.17) is 24.4 Å². The van der Waals surface area contributed by atoms with Gasteiger partial charge in [-0.15, -0.1) is 0 Å². The van der Waals surface area contributed by atoms with Gasteiger partial charge >= 0.3 is 12.2 Å². The number of ether oxygens (including phenoxy) is 2. The van der Waals surface area contributed by atoms with Gasteiger partial charge < -0.3 is 50.1 Å². The van der Waals surface area contributed by atoms with Gasteiger partial charge in [0.05, 0.1) is 45.4 Å². The number of aromatic amines is 2. The van der Waals surface area contributed by atoms with Crippen molar-refractivity contribution in [3.63, 3.8) is 0 Å². The number of H-pyrrole nitrogens is 2. The number of carboxylic acid groups (broad SMARTS) is 2. The van der Waals surface area contributed by atoms with Crippen LogP contribution in [0.2, 0.25) is 0 Å². The van der Waals surface area contributed by atoms with Crippen LogP contribution in [0.25, 0.3) is 55.4 Å². The van der Waals surface area contributed by atoms with Crippen molar-refractivity contribution >= 4 is 57.0 Å². The normalized spacial score (nSPS) is 26.0. The predicted octanol–water partition coefficient (Wildman–Crippen LogP) is 6.77. The topological polar surface area (TPSA) is 228 Å². The minimum absolute atomic E-state index is 0.0950. The maximum Gasteiger partial charge on any atom is 0.405 e. The predicted molar refractivity (Wildman–Crippen MR) is 241 cm³/mol. The summed E-state index contributed by atoms with van der Waals surface area (Å²) < 4.78 is 11.0. The molecule has 4 saturated heterocycles. The molecule has 4 aliphatic heterocycles. The lowest BCUT2D eigenvalue weighted by molar-refractivity contribution is -0.138. The van der Waals surface area contributed by atoms with Crippen molar-refractivity contribution in [2.75, 3.05) is 26.4 Å². The first-order chi connectivity index (χ1) is 32.1. The minimum atomic E-state index is -1.20. The molecule has 0 bridgehead atoms. The van der Waals surface area contributed by atoms with Crippen LogP contribution in [0.4, 0.5) is 9.59 Å². The van der Waals surface area contributed by atoms with Gasteiger partial charge in [0, 0.05) is 49.5 Å². The number of carbonyl (C=O) groups excluding carboxylic acids is 2. The van der Waals surface area contributed by atoms with E-state index >= 15 is 0 Å². The Hall–Kier alpha value is -6.59. The van der Waals surface area contributed by atoms with Crippen LogP contribution in [0.1, 0.15) is 75.1 Å². The van der Waals surface area contributed by atoms with E-state index in [-0.39, 0.29) is 47.8 Å². The number of benzene rings is 3. The molecule has 3 aromatic heterocycles. The van der Waals surface area contributed by atoms with Crippen molar-refractivity contribution in [2.45, 2.75) is 87.6 Å². The summed E-state index contributed by atoms with van der Waals surface area (Å²) in [4.78, 5) is 77.8. The Kier molecular flexibility index (Phi) is 9.96. The molecule has 6 fully saturated rings. The Bertz CT molecular complexity index is 2730. The van der Waals surface area contributed by atoms with Crippen molar-refractivity contribution in [2.24, 2.45) is 23.7 Å². The van der Waals surface area contributed by atoms with Crippen molar-refractivity contribution < 1.29 is 38.9 Å². The molecule has 0 spiro atoms. The number of hydrogen-bond acceptors (Lipinski definition) is 9. The van der Waals surface area contributed by atoms with Crippen molar-refractivity contribution in [3.05, 3.63) is 78.4 Å². The van der Waals surface area contributed by atoms with Gasteiger partial charge in [-0.25, -0.2) is 24.5 Å². The summed E-state index contributed by atoms with van der Waals surface area (Å²) in [6.45, 7) is 2.06. The quantitative estimate of drug-likeness (QED) is 0.0841. The van der Waals surface area contributed by atoms with Gasteiger partial charge in [0.1, 0.15) is 23.7 Å². The monoisotopic (exact) mass is 893 g/mol. The summed E-state index contributed by atoms with van der Waals surface area (Å²) >= 11 is 0. The first-order valence-electron chi connectivity index (χ1n) is 23.3. The molecule has 3 aromatic carbocycles. The number of piperidine rings is 2. The number of nitrogens with zero attached hydrogens (tertiary/aromatic N) is 5. The SMILES string of the molecule is O=C(O)NC(C(=O)N1[C@@H]2C[C@@H]2C[C@H]1c1nc2ccc(-c3ccc4nc(-c5ccc6nc([C@@H]7C[C@H]8C[C@H]8N7C(=O)C(NC(=O)O)C7CCOCC7)[nH]c6c5)ccc4c3)cc2[nH]1)C1CCOCC1. The van der Waals surface area contributed by atoms with E-state index in [1.165, 1.54) is 0 Å². The second-order valence-corrected chi connectivity index (χ2v) is 19.2. The lowest BCUT2D eigenvalue weighted by Gasteiger charge is -2.35. The lowest BCUT2D eigenvalue weighted by Crippen LogP contribution is -2.53. The maximum absolute atomic E-state index is 14.2. The highest BCUT2D eigenvalue weighted by molar-refractivity contribution is 5.91. The van der Waals surface area contributed by atoms with Gasteiger partial charge in [-0.2, -0.15) is 0 Å². The van der Waals surface area contributed by atoms with Crippen LogP contribution in [0.15, 0.2) is 66.7 Å². The summed E-state index contributed by atoms with van der Waals surface area (Å²) in [5.74, 6) is 1.63. The molecule has 66 heavy (non-hydrogen) atoms. The second-order valence-electron chi connectivity index (χ2n) is 19.2. The molecule has 4 amide bonds. The molecule has 2 aliphatic carbocycles. The third-order valence-corrected chi connectivity index (χ3v) is 15.2. The third kappa shape index (κ3) is 7.37. The van der Waals surface area contributed by atoms with E-state index in [2.05, 4.69) is 50.9 Å². The highest BCUT2D eigenvalue weighted by Crippen LogP contribution is 2.55. The fraction of sp³-hybridized carbons (Fsp3) is 0.449. The van der Waals surface area contributed by atoms with Gasteiger partial charge in [-0.3, -0.25) is 9.59 Å². The van der Waals surface area contributed by atoms with Gasteiger partial charge in [-0.1, -0.05) is 24.3 Å². The fourth-order valence-corrected chi connectivity index (χ4v) is 11.7. The van der Waals surface area contributed by atoms with Crippen LogP contribution in [-0.4, -0.2) is 120 Å². The van der Waals surface area contributed by atoms with Gasteiger partial charge in [0.2, 0.25) is 11.8 Å². The van der Waals surface area contributed by atoms with Crippen molar-refractivity contribution in [1.82, 2.24) is 45.4 Å². The number of fused-ring (bicyclic) bond motifs is 5. The second kappa shape index (κ2) is 16.1. The Labute approximate surface area is 378 Å². The van der Waals surface area contributed by atoms with Crippen LogP contribution >= 0.6 is 0 Å². The van der Waals surface area contributed by atoms with Crippen molar-refractivity contribution in [1.29, 1.82) is 0 Å². The number of nitrogens with one attached hydrogen (secondary N) is 4. The fourth-order valence-electron chi connectivity index (χ4n) is 11.7. The highest BCUT2D eigenvalue weighted by Gasteiger charge is 2.58. The molecule has 17 heteroatoms. The first kappa shape index (κ1) is 40.9. The van der Waals surface area contributed by atoms with Gasteiger partial charge in [0.15, 0.2) is 0 Å². The first-order valence-corrected chi connectivity index (χ1v) is 23.3. The lowest BCUT2D eigenvalue weighted by atomic mass is 9.90. The van der Waals surface area contributed by atoms with Crippen LogP contribution in [0.3, 0.4) is 0 Å². The zero-order valence-corrected chi connectivity index (χ0v) is 36.2. The molecule has 12 rings (SSSR count). The van der Waals surface area contributed by atoms with E-state index in [0.717, 1.165) is 86.9 Å². The molecule has 6 aliphatic rings. The Balaban J connectivity index is 0.767. The van der Waals surface area contributed by atoms with Crippen LogP contribution in [0, 0.1) is 23.7 Å². The smallest absolute Gasteiger partial charge is 0.405 e. The summed E-state index contributed by atoms with van der Waals surface area (Å²) in [7, 11) is 0. The molecule has 6 N–H and O–H groups in total. The van der Waals surface area contributed by atoms with Crippen LogP contribution < -0.4 is 10.6 Å². The molecule has 7 heterocycles. The van der Waals surface area contributed by atoms with Crippen LogP contribution in [0.5, 0.6) is 0 Å². The van der Waals surface area contributed by atoms with E-state index in [9.17, 15) is 29.4 Å². The number of imidazole rings is 2. The number of likely N-dealkylation sites (tertiary alicyclic amines) is 2. The summed E-state index contributed by atoms with van der Waals surface area (Å²) in [5.41, 5.74) is 7.91. The number of hydrogen-bond donors (Lipinski definition) is 6. The molecule has 2 unspecified atom stereocenters. The number of pyridine rings is 1. The zero-order valence-electron chi connectivity index (χ0n) is 36.2.